The molecule has 1 aromatic rings. The normalized spacial score (nSPS) is 23.9. The summed E-state index contributed by atoms with van der Waals surface area (Å²) in [4.78, 5) is 13.8. The lowest BCUT2D eigenvalue weighted by Gasteiger charge is -2.17. The Morgan fingerprint density at radius 1 is 1.56 bits per heavy atom. The van der Waals surface area contributed by atoms with Crippen LogP contribution in [0.3, 0.4) is 0 Å². The number of carbonyl (C=O) groups excluding carboxylic acids is 1. The molecule has 18 heavy (non-hydrogen) atoms. The Morgan fingerprint density at radius 2 is 2.28 bits per heavy atom. The van der Waals surface area contributed by atoms with Gasteiger partial charge in [-0.2, -0.15) is 0 Å². The average Bonchev–Trinajstić information content (AvgIpc) is 2.85. The molecule has 1 aliphatic rings. The van der Waals surface area contributed by atoms with Crippen LogP contribution in [0.1, 0.15) is 17.4 Å². The van der Waals surface area contributed by atoms with E-state index in [1.54, 1.807) is 17.0 Å². The second kappa shape index (κ2) is 5.06. The Hall–Kier alpha value is -1.43. The van der Waals surface area contributed by atoms with Gasteiger partial charge in [0, 0.05) is 25.3 Å². The summed E-state index contributed by atoms with van der Waals surface area (Å²) in [5.74, 6) is 0.0212. The molecular formula is C12H17F2N3O. The Balaban J connectivity index is 2.12. The summed E-state index contributed by atoms with van der Waals surface area (Å²) in [6.07, 6.45) is -0.970. The highest BCUT2D eigenvalue weighted by molar-refractivity contribution is 5.93. The van der Waals surface area contributed by atoms with Gasteiger partial charge in [0.05, 0.1) is 6.54 Å². The van der Waals surface area contributed by atoms with E-state index in [1.807, 2.05) is 6.92 Å². The maximum Gasteiger partial charge on any atom is 0.270 e. The number of carbonyl (C=O) groups is 1. The van der Waals surface area contributed by atoms with Crippen LogP contribution < -0.4 is 5.73 Å². The zero-order valence-electron chi connectivity index (χ0n) is 10.2. The molecular weight excluding hydrogens is 240 g/mol. The van der Waals surface area contributed by atoms with E-state index in [4.69, 9.17) is 5.73 Å². The van der Waals surface area contributed by atoms with Gasteiger partial charge >= 0.3 is 0 Å². The molecule has 0 aromatic carbocycles. The summed E-state index contributed by atoms with van der Waals surface area (Å²) in [6.45, 7) is 2.60. The molecule has 0 bridgehead atoms. The molecule has 0 saturated carbocycles. The maximum atomic E-state index is 12.4. The molecule has 1 aromatic heterocycles. The van der Waals surface area contributed by atoms with Gasteiger partial charge in [0.2, 0.25) is 0 Å². The number of alkyl halides is 2. The van der Waals surface area contributed by atoms with E-state index in [2.05, 4.69) is 0 Å². The van der Waals surface area contributed by atoms with Crippen molar-refractivity contribution >= 4 is 5.91 Å². The van der Waals surface area contributed by atoms with Crippen LogP contribution in [0.15, 0.2) is 18.3 Å². The van der Waals surface area contributed by atoms with Crippen LogP contribution in [0.5, 0.6) is 0 Å². The van der Waals surface area contributed by atoms with Gasteiger partial charge in [0.25, 0.3) is 12.3 Å². The number of aromatic nitrogens is 1. The molecule has 1 fully saturated rings. The largest absolute Gasteiger partial charge is 0.338 e. The standard InChI is InChI=1S/C12H17F2N3O/c1-8-5-17(6-9(8)15)12(18)10-3-2-4-16(10)7-11(13)14/h2-4,8-9,11H,5-7,15H2,1H3. The fraction of sp³-hybridized carbons (Fsp3) is 0.583. The lowest BCUT2D eigenvalue weighted by molar-refractivity contribution is 0.0765. The van der Waals surface area contributed by atoms with E-state index in [0.717, 1.165) is 0 Å². The second-order valence-corrected chi connectivity index (χ2v) is 4.79. The fourth-order valence-corrected chi connectivity index (χ4v) is 2.24. The first-order valence-corrected chi connectivity index (χ1v) is 5.97. The van der Waals surface area contributed by atoms with Gasteiger partial charge in [-0.3, -0.25) is 4.79 Å². The number of rotatable bonds is 3. The van der Waals surface area contributed by atoms with Crippen molar-refractivity contribution in [1.29, 1.82) is 0 Å². The quantitative estimate of drug-likeness (QED) is 0.883. The molecule has 1 aliphatic heterocycles. The van der Waals surface area contributed by atoms with Gasteiger partial charge in [-0.05, 0) is 18.1 Å². The second-order valence-electron chi connectivity index (χ2n) is 4.79. The van der Waals surface area contributed by atoms with Crippen molar-refractivity contribution < 1.29 is 13.6 Å². The van der Waals surface area contributed by atoms with E-state index in [1.165, 1.54) is 10.8 Å². The summed E-state index contributed by atoms with van der Waals surface area (Å²) in [7, 11) is 0. The third kappa shape index (κ3) is 2.53. The molecule has 0 radical (unpaired) electrons. The van der Waals surface area contributed by atoms with Crippen molar-refractivity contribution in [3.63, 3.8) is 0 Å². The molecule has 1 saturated heterocycles. The van der Waals surface area contributed by atoms with Crippen LogP contribution in [-0.4, -0.2) is 40.9 Å². The van der Waals surface area contributed by atoms with Crippen molar-refractivity contribution in [2.45, 2.75) is 25.9 Å². The molecule has 1 amide bonds. The summed E-state index contributed by atoms with van der Waals surface area (Å²) in [5.41, 5.74) is 6.16. The van der Waals surface area contributed by atoms with Gasteiger partial charge in [-0.15, -0.1) is 0 Å². The molecule has 0 aliphatic carbocycles. The SMILES string of the molecule is CC1CN(C(=O)c2cccn2CC(F)F)CC1N. The van der Waals surface area contributed by atoms with E-state index >= 15 is 0 Å². The third-order valence-electron chi connectivity index (χ3n) is 3.34. The van der Waals surface area contributed by atoms with Crippen molar-refractivity contribution in [3.8, 4) is 0 Å². The Morgan fingerprint density at radius 3 is 2.83 bits per heavy atom. The molecule has 100 valence electrons. The lowest BCUT2D eigenvalue weighted by atomic mass is 10.1. The highest BCUT2D eigenvalue weighted by Gasteiger charge is 2.31. The molecule has 2 N–H and O–H groups in total. The van der Waals surface area contributed by atoms with Crippen molar-refractivity contribution in [2.75, 3.05) is 13.1 Å². The highest BCUT2D eigenvalue weighted by atomic mass is 19.3. The monoisotopic (exact) mass is 257 g/mol. The molecule has 2 rings (SSSR count). The first kappa shape index (κ1) is 13.0. The lowest BCUT2D eigenvalue weighted by Crippen LogP contribution is -2.33. The zero-order chi connectivity index (χ0) is 13.3. The summed E-state index contributed by atoms with van der Waals surface area (Å²) in [5, 5.41) is 0. The molecule has 4 nitrogen and oxygen atoms in total. The number of hydrogen-bond acceptors (Lipinski definition) is 2. The van der Waals surface area contributed by atoms with Crippen LogP contribution in [0.4, 0.5) is 8.78 Å². The summed E-state index contributed by atoms with van der Waals surface area (Å²) in [6, 6.07) is 3.14. The van der Waals surface area contributed by atoms with Crippen LogP contribution in [-0.2, 0) is 6.54 Å². The van der Waals surface area contributed by atoms with E-state index < -0.39 is 13.0 Å². The topological polar surface area (TPSA) is 51.3 Å². The number of hydrogen-bond donors (Lipinski definition) is 1. The maximum absolute atomic E-state index is 12.4. The Bertz CT molecular complexity index is 423. The molecule has 0 spiro atoms. The van der Waals surface area contributed by atoms with Crippen molar-refractivity contribution in [1.82, 2.24) is 9.47 Å². The van der Waals surface area contributed by atoms with Gasteiger partial charge < -0.3 is 15.2 Å². The van der Waals surface area contributed by atoms with Crippen LogP contribution in [0.25, 0.3) is 0 Å². The van der Waals surface area contributed by atoms with E-state index in [9.17, 15) is 13.6 Å². The number of amides is 1. The highest BCUT2D eigenvalue weighted by Crippen LogP contribution is 2.18. The van der Waals surface area contributed by atoms with Gasteiger partial charge in [-0.1, -0.05) is 6.92 Å². The van der Waals surface area contributed by atoms with Crippen LogP contribution >= 0.6 is 0 Å². The number of nitrogens with two attached hydrogens (primary N) is 1. The molecule has 6 heteroatoms. The minimum atomic E-state index is -2.47. The number of nitrogens with zero attached hydrogens (tertiary/aromatic N) is 2. The first-order valence-electron chi connectivity index (χ1n) is 5.97. The minimum Gasteiger partial charge on any atom is -0.338 e. The number of halogens is 2. The Labute approximate surface area is 104 Å². The van der Waals surface area contributed by atoms with Gasteiger partial charge in [0.15, 0.2) is 0 Å². The van der Waals surface area contributed by atoms with Crippen LogP contribution in [0, 0.1) is 5.92 Å². The van der Waals surface area contributed by atoms with Gasteiger partial charge in [0.1, 0.15) is 5.69 Å². The van der Waals surface area contributed by atoms with Gasteiger partial charge in [-0.25, -0.2) is 8.78 Å². The van der Waals surface area contributed by atoms with Crippen molar-refractivity contribution in [2.24, 2.45) is 11.7 Å². The predicted molar refractivity (Wildman–Crippen MR) is 63.5 cm³/mol. The van der Waals surface area contributed by atoms with Crippen LogP contribution in [0.2, 0.25) is 0 Å². The average molecular weight is 257 g/mol. The number of likely N-dealkylation sites (tertiary alicyclic amines) is 1. The first-order chi connectivity index (χ1) is 8.49. The molecule has 2 heterocycles. The Kier molecular flexibility index (Phi) is 3.65. The summed E-state index contributed by atoms with van der Waals surface area (Å²) >= 11 is 0. The molecule has 2 unspecified atom stereocenters. The smallest absolute Gasteiger partial charge is 0.270 e. The van der Waals surface area contributed by atoms with E-state index in [-0.39, 0.29) is 17.9 Å². The summed E-state index contributed by atoms with van der Waals surface area (Å²) < 4.78 is 26.0. The van der Waals surface area contributed by atoms with E-state index in [0.29, 0.717) is 18.8 Å². The fourth-order valence-electron chi connectivity index (χ4n) is 2.24. The third-order valence-corrected chi connectivity index (χ3v) is 3.34. The predicted octanol–water partition coefficient (Wildman–Crippen LogP) is 1.17. The zero-order valence-corrected chi connectivity index (χ0v) is 10.2. The molecule has 2 atom stereocenters. The van der Waals surface area contributed by atoms with Crippen molar-refractivity contribution in [3.05, 3.63) is 24.0 Å². The minimum absolute atomic E-state index is 0.0348.